The van der Waals surface area contributed by atoms with Gasteiger partial charge in [0.2, 0.25) is 0 Å². The molecule has 3 aliphatic rings. The van der Waals surface area contributed by atoms with Gasteiger partial charge in [0.15, 0.2) is 5.65 Å². The Hall–Kier alpha value is -3.13. The van der Waals surface area contributed by atoms with E-state index >= 15 is 0 Å². The van der Waals surface area contributed by atoms with Crippen molar-refractivity contribution in [1.29, 1.82) is 0 Å². The quantitative estimate of drug-likeness (QED) is 0.683. The van der Waals surface area contributed by atoms with Crippen molar-refractivity contribution >= 4 is 22.9 Å². The lowest BCUT2D eigenvalue weighted by Crippen LogP contribution is -2.40. The SMILES string of the molecule is CC1Cc2cc(NC(=O)c3cnn4cccnc34)c(N3CCC4(CCOC4)CC3)cc2O1. The molecular weight excluding hydrogens is 406 g/mol. The third-order valence-electron chi connectivity index (χ3n) is 7.14. The maximum atomic E-state index is 13.2. The summed E-state index contributed by atoms with van der Waals surface area (Å²) in [6.45, 7) is 5.71. The van der Waals surface area contributed by atoms with Crippen LogP contribution in [0.25, 0.3) is 5.65 Å². The largest absolute Gasteiger partial charge is 0.490 e. The van der Waals surface area contributed by atoms with E-state index in [9.17, 15) is 4.79 Å². The van der Waals surface area contributed by atoms with Crippen LogP contribution in [-0.4, -0.2) is 52.9 Å². The molecule has 2 fully saturated rings. The molecule has 0 saturated carbocycles. The minimum absolute atomic E-state index is 0.146. The maximum Gasteiger partial charge on any atom is 0.261 e. The minimum atomic E-state index is -0.204. The number of ether oxygens (including phenoxy) is 2. The molecule has 1 aromatic carbocycles. The van der Waals surface area contributed by atoms with Crippen molar-refractivity contribution in [3.05, 3.63) is 47.9 Å². The molecule has 1 amide bonds. The number of aromatic nitrogens is 3. The molecule has 2 aromatic heterocycles. The molecule has 32 heavy (non-hydrogen) atoms. The van der Waals surface area contributed by atoms with Crippen LogP contribution in [0.3, 0.4) is 0 Å². The highest BCUT2D eigenvalue weighted by atomic mass is 16.5. The highest BCUT2D eigenvalue weighted by molar-refractivity contribution is 6.09. The summed E-state index contributed by atoms with van der Waals surface area (Å²) in [4.78, 5) is 19.9. The lowest BCUT2D eigenvalue weighted by molar-refractivity contribution is 0.102. The normalized spacial score (nSPS) is 21.7. The van der Waals surface area contributed by atoms with Gasteiger partial charge in [-0.1, -0.05) is 0 Å². The van der Waals surface area contributed by atoms with Crippen LogP contribution < -0.4 is 15.0 Å². The second kappa shape index (κ2) is 7.48. The fourth-order valence-electron chi connectivity index (χ4n) is 5.26. The lowest BCUT2D eigenvalue weighted by Gasteiger charge is -2.40. The molecule has 1 atom stereocenters. The zero-order chi connectivity index (χ0) is 21.7. The van der Waals surface area contributed by atoms with Crippen molar-refractivity contribution in [3.63, 3.8) is 0 Å². The van der Waals surface area contributed by atoms with E-state index in [1.165, 1.54) is 0 Å². The van der Waals surface area contributed by atoms with Crippen LogP contribution in [0.1, 0.15) is 42.1 Å². The first kappa shape index (κ1) is 19.5. The third kappa shape index (κ3) is 3.30. The summed E-state index contributed by atoms with van der Waals surface area (Å²) >= 11 is 0. The van der Waals surface area contributed by atoms with Crippen LogP contribution in [0.4, 0.5) is 11.4 Å². The Kier molecular flexibility index (Phi) is 4.57. The number of benzene rings is 1. The van der Waals surface area contributed by atoms with Crippen LogP contribution in [-0.2, 0) is 11.2 Å². The van der Waals surface area contributed by atoms with E-state index in [2.05, 4.69) is 39.4 Å². The molecule has 0 aliphatic carbocycles. The summed E-state index contributed by atoms with van der Waals surface area (Å²) in [6.07, 6.45) is 9.38. The minimum Gasteiger partial charge on any atom is -0.490 e. The van der Waals surface area contributed by atoms with E-state index in [1.807, 2.05) is 0 Å². The zero-order valence-electron chi connectivity index (χ0n) is 18.2. The first-order valence-electron chi connectivity index (χ1n) is 11.4. The number of carbonyl (C=O) groups excluding carboxylic acids is 1. The number of nitrogens with one attached hydrogen (secondary N) is 1. The van der Waals surface area contributed by atoms with Gasteiger partial charge >= 0.3 is 0 Å². The van der Waals surface area contributed by atoms with Gasteiger partial charge in [-0.2, -0.15) is 5.10 Å². The molecule has 1 N–H and O–H groups in total. The van der Waals surface area contributed by atoms with E-state index in [0.29, 0.717) is 16.6 Å². The molecule has 8 nitrogen and oxygen atoms in total. The van der Waals surface area contributed by atoms with Crippen molar-refractivity contribution in [2.75, 3.05) is 36.5 Å². The first-order chi connectivity index (χ1) is 15.6. The number of hydrogen-bond acceptors (Lipinski definition) is 6. The van der Waals surface area contributed by atoms with Gasteiger partial charge in [0.05, 0.1) is 24.2 Å². The Balaban J connectivity index is 1.31. The summed E-state index contributed by atoms with van der Waals surface area (Å²) in [5.41, 5.74) is 4.30. The number of carbonyl (C=O) groups is 1. The Morgan fingerprint density at radius 3 is 2.94 bits per heavy atom. The van der Waals surface area contributed by atoms with Crippen LogP contribution in [0.5, 0.6) is 5.75 Å². The lowest BCUT2D eigenvalue weighted by atomic mass is 9.78. The number of piperidine rings is 1. The smallest absolute Gasteiger partial charge is 0.261 e. The second-order valence-corrected chi connectivity index (χ2v) is 9.30. The molecule has 166 valence electrons. The van der Waals surface area contributed by atoms with Crippen LogP contribution in [0.15, 0.2) is 36.8 Å². The highest BCUT2D eigenvalue weighted by Gasteiger charge is 2.38. The Labute approximate surface area is 186 Å². The fourth-order valence-corrected chi connectivity index (χ4v) is 5.26. The van der Waals surface area contributed by atoms with Crippen molar-refractivity contribution in [2.45, 2.75) is 38.7 Å². The molecule has 2 saturated heterocycles. The second-order valence-electron chi connectivity index (χ2n) is 9.30. The van der Waals surface area contributed by atoms with Gasteiger partial charge in [-0.25, -0.2) is 9.50 Å². The Bertz CT molecular complexity index is 1170. The number of amides is 1. The van der Waals surface area contributed by atoms with Crippen molar-refractivity contribution in [2.24, 2.45) is 5.41 Å². The molecule has 0 bridgehead atoms. The summed E-state index contributed by atoms with van der Waals surface area (Å²) < 4.78 is 13.3. The Morgan fingerprint density at radius 2 is 2.12 bits per heavy atom. The van der Waals surface area contributed by atoms with Crippen LogP contribution in [0.2, 0.25) is 0 Å². The third-order valence-corrected chi connectivity index (χ3v) is 7.14. The van der Waals surface area contributed by atoms with E-state index in [0.717, 1.165) is 74.7 Å². The zero-order valence-corrected chi connectivity index (χ0v) is 18.2. The topological polar surface area (TPSA) is 81.0 Å². The fraction of sp³-hybridized carbons (Fsp3) is 0.458. The molecule has 3 aliphatic heterocycles. The Morgan fingerprint density at radius 1 is 1.25 bits per heavy atom. The molecule has 8 heteroatoms. The highest BCUT2D eigenvalue weighted by Crippen LogP contribution is 2.44. The molecule has 3 aromatic rings. The van der Waals surface area contributed by atoms with Gasteiger partial charge in [0.25, 0.3) is 5.91 Å². The van der Waals surface area contributed by atoms with Crippen molar-refractivity contribution < 1.29 is 14.3 Å². The van der Waals surface area contributed by atoms with Gasteiger partial charge in [-0.05, 0) is 43.7 Å². The predicted molar refractivity (Wildman–Crippen MR) is 120 cm³/mol. The van der Waals surface area contributed by atoms with Gasteiger partial charge in [-0.15, -0.1) is 0 Å². The number of nitrogens with zero attached hydrogens (tertiary/aromatic N) is 4. The van der Waals surface area contributed by atoms with Crippen LogP contribution in [0, 0.1) is 5.41 Å². The van der Waals surface area contributed by atoms with E-state index in [4.69, 9.17) is 9.47 Å². The van der Waals surface area contributed by atoms with Gasteiger partial charge < -0.3 is 19.7 Å². The van der Waals surface area contributed by atoms with Gasteiger partial charge in [-0.3, -0.25) is 4.79 Å². The van der Waals surface area contributed by atoms with Crippen molar-refractivity contribution in [1.82, 2.24) is 14.6 Å². The monoisotopic (exact) mass is 433 g/mol. The van der Waals surface area contributed by atoms with E-state index in [-0.39, 0.29) is 12.0 Å². The van der Waals surface area contributed by atoms with E-state index < -0.39 is 0 Å². The first-order valence-corrected chi connectivity index (χ1v) is 11.4. The summed E-state index contributed by atoms with van der Waals surface area (Å²) in [5.74, 6) is 0.720. The molecule has 0 radical (unpaired) electrons. The number of rotatable bonds is 3. The summed E-state index contributed by atoms with van der Waals surface area (Å²) in [7, 11) is 0. The average Bonchev–Trinajstić information content (AvgIpc) is 3.52. The van der Waals surface area contributed by atoms with E-state index in [1.54, 1.807) is 29.2 Å². The molecule has 1 spiro atoms. The number of anilines is 2. The predicted octanol–water partition coefficient (Wildman–Crippen LogP) is 3.31. The molecule has 6 rings (SSSR count). The standard InChI is InChI=1S/C24H27N5O3/c1-16-11-17-12-19(27-23(30)18-14-26-29-7-2-6-25-22(18)29)20(13-21(17)32-16)28-8-3-24(4-9-28)5-10-31-15-24/h2,6-7,12-14,16H,3-5,8-11,15H2,1H3,(H,27,30). The van der Waals surface area contributed by atoms with Crippen LogP contribution >= 0.6 is 0 Å². The molecule has 5 heterocycles. The van der Waals surface area contributed by atoms with Gasteiger partial charge in [0.1, 0.15) is 17.4 Å². The summed E-state index contributed by atoms with van der Waals surface area (Å²) in [6, 6.07) is 5.97. The summed E-state index contributed by atoms with van der Waals surface area (Å²) in [5, 5.41) is 7.41. The molecular formula is C24H27N5O3. The number of hydrogen-bond donors (Lipinski definition) is 1. The number of fused-ring (bicyclic) bond motifs is 2. The maximum absolute atomic E-state index is 13.2. The van der Waals surface area contributed by atoms with Crippen molar-refractivity contribution in [3.8, 4) is 5.75 Å². The average molecular weight is 434 g/mol. The van der Waals surface area contributed by atoms with Gasteiger partial charge in [0, 0.05) is 50.1 Å². The molecule has 1 unspecified atom stereocenters.